The van der Waals surface area contributed by atoms with Gasteiger partial charge in [-0.25, -0.2) is 0 Å². The summed E-state index contributed by atoms with van der Waals surface area (Å²) < 4.78 is 5.05. The molecule has 19 heavy (non-hydrogen) atoms. The Bertz CT molecular complexity index is 454. The van der Waals surface area contributed by atoms with Gasteiger partial charge in [0.1, 0.15) is 5.75 Å². The van der Waals surface area contributed by atoms with Crippen LogP contribution in [0.15, 0.2) is 18.2 Å². The number of nitrogen functional groups attached to an aromatic ring is 1. The van der Waals surface area contributed by atoms with Gasteiger partial charge in [-0.15, -0.1) is 0 Å². The van der Waals surface area contributed by atoms with Gasteiger partial charge in [0.05, 0.1) is 18.8 Å². The molecular weight excluding hydrogens is 244 g/mol. The van der Waals surface area contributed by atoms with Crippen LogP contribution in [0.1, 0.15) is 36.0 Å². The number of rotatable bonds is 3. The molecule has 5 nitrogen and oxygen atoms in total. The van der Waals surface area contributed by atoms with Gasteiger partial charge in [0.2, 0.25) is 0 Å². The molecule has 104 valence electrons. The standard InChI is InChI=1S/C14H20N2O3/c1-19-11-6-7-12(13(15)8-11)14(18)16-9-2-4-10(17)5-3-9/h6-10,17H,2-5,15H2,1H3,(H,16,18). The van der Waals surface area contributed by atoms with E-state index in [0.29, 0.717) is 17.0 Å². The van der Waals surface area contributed by atoms with Crippen LogP contribution in [0.2, 0.25) is 0 Å². The van der Waals surface area contributed by atoms with Crippen LogP contribution in [-0.4, -0.2) is 30.3 Å². The van der Waals surface area contributed by atoms with Gasteiger partial charge in [-0.3, -0.25) is 4.79 Å². The molecule has 1 amide bonds. The smallest absolute Gasteiger partial charge is 0.253 e. The zero-order chi connectivity index (χ0) is 13.8. The zero-order valence-electron chi connectivity index (χ0n) is 11.1. The second-order valence-electron chi connectivity index (χ2n) is 4.93. The first kappa shape index (κ1) is 13.7. The first-order chi connectivity index (χ1) is 9.10. The summed E-state index contributed by atoms with van der Waals surface area (Å²) in [6.07, 6.45) is 2.87. The molecule has 0 aromatic heterocycles. The van der Waals surface area contributed by atoms with Crippen LogP contribution in [0.25, 0.3) is 0 Å². The van der Waals surface area contributed by atoms with Crippen molar-refractivity contribution in [1.82, 2.24) is 5.32 Å². The number of benzene rings is 1. The quantitative estimate of drug-likeness (QED) is 0.719. The third kappa shape index (κ3) is 3.38. The van der Waals surface area contributed by atoms with Gasteiger partial charge in [0.25, 0.3) is 5.91 Å². The van der Waals surface area contributed by atoms with Crippen molar-refractivity contribution >= 4 is 11.6 Å². The van der Waals surface area contributed by atoms with Crippen molar-refractivity contribution in [3.8, 4) is 5.75 Å². The van der Waals surface area contributed by atoms with Crippen molar-refractivity contribution < 1.29 is 14.6 Å². The van der Waals surface area contributed by atoms with Crippen molar-refractivity contribution in [3.63, 3.8) is 0 Å². The molecule has 1 saturated carbocycles. The van der Waals surface area contributed by atoms with E-state index >= 15 is 0 Å². The van der Waals surface area contributed by atoms with Crippen LogP contribution in [-0.2, 0) is 0 Å². The lowest BCUT2D eigenvalue weighted by atomic mass is 9.93. The van der Waals surface area contributed by atoms with Gasteiger partial charge < -0.3 is 20.9 Å². The highest BCUT2D eigenvalue weighted by molar-refractivity contribution is 5.99. The summed E-state index contributed by atoms with van der Waals surface area (Å²) in [4.78, 5) is 12.1. The second-order valence-corrected chi connectivity index (χ2v) is 4.93. The molecule has 4 N–H and O–H groups in total. The van der Waals surface area contributed by atoms with E-state index in [9.17, 15) is 9.90 Å². The van der Waals surface area contributed by atoms with E-state index in [1.54, 1.807) is 25.3 Å². The van der Waals surface area contributed by atoms with Gasteiger partial charge in [0.15, 0.2) is 0 Å². The van der Waals surface area contributed by atoms with Crippen LogP contribution in [0, 0.1) is 0 Å². The molecule has 2 rings (SSSR count). The molecule has 5 heteroatoms. The number of ether oxygens (including phenoxy) is 1. The first-order valence-corrected chi connectivity index (χ1v) is 6.52. The topological polar surface area (TPSA) is 84.6 Å². The SMILES string of the molecule is COc1ccc(C(=O)NC2CCC(O)CC2)c(N)c1. The van der Waals surface area contributed by atoms with E-state index in [1.165, 1.54) is 0 Å². The Morgan fingerprint density at radius 1 is 1.37 bits per heavy atom. The van der Waals surface area contributed by atoms with E-state index in [-0.39, 0.29) is 18.1 Å². The lowest BCUT2D eigenvalue weighted by Crippen LogP contribution is -2.38. The van der Waals surface area contributed by atoms with Crippen LogP contribution >= 0.6 is 0 Å². The number of hydrogen-bond acceptors (Lipinski definition) is 4. The van der Waals surface area contributed by atoms with Gasteiger partial charge in [0, 0.05) is 17.8 Å². The summed E-state index contributed by atoms with van der Waals surface area (Å²) in [5.74, 6) is 0.469. The maximum Gasteiger partial charge on any atom is 0.253 e. The fraction of sp³-hybridized carbons (Fsp3) is 0.500. The zero-order valence-corrected chi connectivity index (χ0v) is 11.1. The van der Waals surface area contributed by atoms with E-state index in [4.69, 9.17) is 10.5 Å². The summed E-state index contributed by atoms with van der Waals surface area (Å²) in [7, 11) is 1.56. The largest absolute Gasteiger partial charge is 0.497 e. The number of amides is 1. The molecule has 1 aliphatic carbocycles. The third-order valence-electron chi connectivity index (χ3n) is 3.54. The average molecular weight is 264 g/mol. The third-order valence-corrected chi connectivity index (χ3v) is 3.54. The highest BCUT2D eigenvalue weighted by Gasteiger charge is 2.22. The summed E-state index contributed by atoms with van der Waals surface area (Å²) in [5.41, 5.74) is 6.72. The predicted molar refractivity (Wildman–Crippen MR) is 73.1 cm³/mol. The van der Waals surface area contributed by atoms with Crippen molar-refractivity contribution in [2.75, 3.05) is 12.8 Å². The molecule has 1 aliphatic rings. The first-order valence-electron chi connectivity index (χ1n) is 6.52. The molecule has 0 spiro atoms. The number of anilines is 1. The van der Waals surface area contributed by atoms with Gasteiger partial charge in [-0.05, 0) is 37.8 Å². The molecule has 1 aromatic carbocycles. The van der Waals surface area contributed by atoms with Crippen LogP contribution < -0.4 is 15.8 Å². The molecule has 1 aromatic rings. The van der Waals surface area contributed by atoms with Gasteiger partial charge >= 0.3 is 0 Å². The van der Waals surface area contributed by atoms with Crippen molar-refractivity contribution in [1.29, 1.82) is 0 Å². The number of methoxy groups -OCH3 is 1. The number of nitrogens with one attached hydrogen (secondary N) is 1. The Kier molecular flexibility index (Phi) is 4.27. The monoisotopic (exact) mass is 264 g/mol. The van der Waals surface area contributed by atoms with E-state index in [2.05, 4.69) is 5.32 Å². The molecule has 0 aliphatic heterocycles. The van der Waals surface area contributed by atoms with Crippen LogP contribution in [0.4, 0.5) is 5.69 Å². The van der Waals surface area contributed by atoms with Crippen LogP contribution in [0.3, 0.4) is 0 Å². The summed E-state index contributed by atoms with van der Waals surface area (Å²) in [6, 6.07) is 5.15. The number of nitrogens with two attached hydrogens (primary N) is 1. The Morgan fingerprint density at radius 2 is 2.05 bits per heavy atom. The lowest BCUT2D eigenvalue weighted by molar-refractivity contribution is 0.0868. The summed E-state index contributed by atoms with van der Waals surface area (Å²) in [5, 5.41) is 12.4. The Morgan fingerprint density at radius 3 is 2.63 bits per heavy atom. The van der Waals surface area contributed by atoms with Crippen molar-refractivity contribution in [3.05, 3.63) is 23.8 Å². The van der Waals surface area contributed by atoms with Crippen molar-refractivity contribution in [2.24, 2.45) is 0 Å². The van der Waals surface area contributed by atoms with Crippen LogP contribution in [0.5, 0.6) is 5.75 Å². The molecule has 0 saturated heterocycles. The fourth-order valence-corrected chi connectivity index (χ4v) is 2.36. The fourth-order valence-electron chi connectivity index (χ4n) is 2.36. The van der Waals surface area contributed by atoms with Crippen molar-refractivity contribution in [2.45, 2.75) is 37.8 Å². The Hall–Kier alpha value is -1.75. The minimum Gasteiger partial charge on any atom is -0.497 e. The molecule has 0 heterocycles. The molecule has 0 radical (unpaired) electrons. The normalized spacial score (nSPS) is 22.8. The van der Waals surface area contributed by atoms with E-state index in [0.717, 1.165) is 25.7 Å². The predicted octanol–water partition coefficient (Wildman–Crippen LogP) is 1.31. The summed E-state index contributed by atoms with van der Waals surface area (Å²) >= 11 is 0. The number of hydrogen-bond donors (Lipinski definition) is 3. The summed E-state index contributed by atoms with van der Waals surface area (Å²) in [6.45, 7) is 0. The number of carbonyl (C=O) groups is 1. The molecular formula is C14H20N2O3. The van der Waals surface area contributed by atoms with E-state index < -0.39 is 0 Å². The highest BCUT2D eigenvalue weighted by Crippen LogP contribution is 2.22. The van der Waals surface area contributed by atoms with E-state index in [1.807, 2.05) is 0 Å². The average Bonchev–Trinajstić information content (AvgIpc) is 2.41. The van der Waals surface area contributed by atoms with Gasteiger partial charge in [-0.2, -0.15) is 0 Å². The number of carbonyl (C=O) groups excluding carboxylic acids is 1. The number of aliphatic hydroxyl groups excluding tert-OH is 1. The Labute approximate surface area is 112 Å². The second kappa shape index (κ2) is 5.93. The highest BCUT2D eigenvalue weighted by atomic mass is 16.5. The molecule has 0 atom stereocenters. The van der Waals surface area contributed by atoms with Gasteiger partial charge in [-0.1, -0.05) is 0 Å². The Balaban J connectivity index is 2.00. The number of aliphatic hydroxyl groups is 1. The minimum atomic E-state index is -0.223. The molecule has 1 fully saturated rings. The lowest BCUT2D eigenvalue weighted by Gasteiger charge is -2.26. The minimum absolute atomic E-state index is 0.123. The molecule has 0 unspecified atom stereocenters. The maximum atomic E-state index is 12.1. The molecule has 0 bridgehead atoms. The maximum absolute atomic E-state index is 12.1.